The number of Topliss-reactive ketones (excluding diaryl/α,β-unsaturated/α-hetero) is 1. The molecule has 3 aromatic rings. The van der Waals surface area contributed by atoms with Crippen LogP contribution in [0.3, 0.4) is 0 Å². The van der Waals surface area contributed by atoms with E-state index in [1.54, 1.807) is 60.5 Å². The third-order valence-corrected chi connectivity index (χ3v) is 15.2. The number of nitrogens with zero attached hydrogens (tertiary/aromatic N) is 5. The number of carbonyl (C=O) groups is 6. The van der Waals surface area contributed by atoms with Crippen molar-refractivity contribution in [1.82, 2.24) is 14.7 Å². The Morgan fingerprint density at radius 3 is 2.23 bits per heavy atom. The number of amides is 5. The van der Waals surface area contributed by atoms with E-state index in [0.717, 1.165) is 29.7 Å². The van der Waals surface area contributed by atoms with Crippen LogP contribution in [0.4, 0.5) is 21.9 Å². The van der Waals surface area contributed by atoms with Crippen molar-refractivity contribution in [3.63, 3.8) is 0 Å². The normalized spacial score (nSPS) is 21.3. The monoisotopic (exact) mass is 1020 g/mol. The lowest BCUT2D eigenvalue weighted by molar-refractivity contribution is -0.138. The van der Waals surface area contributed by atoms with E-state index in [1.807, 2.05) is 44.2 Å². The molecule has 4 atom stereocenters. The second kappa shape index (κ2) is 23.9. The van der Waals surface area contributed by atoms with Crippen molar-refractivity contribution in [3.05, 3.63) is 94.1 Å². The summed E-state index contributed by atoms with van der Waals surface area (Å²) >= 11 is 1.40. The van der Waals surface area contributed by atoms with Gasteiger partial charge < -0.3 is 39.2 Å². The molecule has 0 radical (unpaired) electrons. The highest BCUT2D eigenvalue weighted by Gasteiger charge is 2.46. The number of carbonyl (C=O) groups excluding carboxylic acids is 6. The topological polar surface area (TPSA) is 197 Å². The van der Waals surface area contributed by atoms with Crippen LogP contribution in [0.2, 0.25) is 0 Å². The van der Waals surface area contributed by atoms with Gasteiger partial charge in [-0.1, -0.05) is 41.9 Å². The molecule has 0 saturated carbocycles. The molecule has 3 aromatic carbocycles. The Kier molecular flexibility index (Phi) is 17.3. The summed E-state index contributed by atoms with van der Waals surface area (Å²) in [6.45, 7) is 7.79. The lowest BCUT2D eigenvalue weighted by Gasteiger charge is -2.31. The molecule has 388 valence electrons. The molecule has 3 fully saturated rings. The number of benzene rings is 3. The number of ketones is 1. The van der Waals surface area contributed by atoms with E-state index in [1.165, 1.54) is 22.2 Å². The van der Waals surface area contributed by atoms with E-state index < -0.39 is 18.4 Å². The Hall–Kier alpha value is -6.66. The number of hydrogen-bond acceptors (Lipinski definition) is 14. The Labute approximate surface area is 430 Å². The molecule has 2 N–H and O–H groups in total. The second-order valence-corrected chi connectivity index (χ2v) is 20.1. The fraction of sp³-hybridized carbons (Fsp3) is 0.473. The number of thioether (sulfide) groups is 1. The van der Waals surface area contributed by atoms with Crippen molar-refractivity contribution in [1.29, 1.82) is 0 Å². The molecule has 73 heavy (non-hydrogen) atoms. The lowest BCUT2D eigenvalue weighted by Crippen LogP contribution is -2.50. The number of anilines is 2. The summed E-state index contributed by atoms with van der Waals surface area (Å²) in [5, 5.41) is 14.8. The van der Waals surface area contributed by atoms with Gasteiger partial charge in [-0.15, -0.1) is 0 Å². The predicted molar refractivity (Wildman–Crippen MR) is 279 cm³/mol. The van der Waals surface area contributed by atoms with Gasteiger partial charge in [-0.2, -0.15) is 11.8 Å². The maximum atomic E-state index is 14.2. The molecule has 5 heterocycles. The van der Waals surface area contributed by atoms with E-state index in [2.05, 4.69) is 16.4 Å². The zero-order valence-electron chi connectivity index (χ0n) is 42.4. The van der Waals surface area contributed by atoms with Gasteiger partial charge in [0, 0.05) is 56.5 Å². The van der Waals surface area contributed by atoms with E-state index in [9.17, 15) is 33.9 Å². The number of methoxy groups -OCH3 is 1. The van der Waals surface area contributed by atoms with Crippen molar-refractivity contribution in [2.45, 2.75) is 115 Å². The standard InChI is InChI=1S/C55H66N6O11S/c1-6-35-23-39-29-57-43-26-48(47(69-4)25-41(43)51(64)59(39)31-35)71-21-13-9-12-20-70-46-27-44-42(22-34(46)3)52(65)60-32-36(7-2)24-45(60)53(66)61(44)55(68)72-33-37-15-17-38(18-16-37)56-30-40(62)14-10-8-11-19-58-50(63)28-49(73-5)54(58)67/h6-7,15-18,22,25-27,29,39,45,49,53,56,66H,8-14,19-21,23-24,28,30-33H2,1-5H3/b35-6+,36-7+/t39-,45-,49?,53-/m0/s1. The molecule has 5 aliphatic rings. The number of aliphatic hydroxyl groups is 1. The highest BCUT2D eigenvalue weighted by Crippen LogP contribution is 2.41. The van der Waals surface area contributed by atoms with Gasteiger partial charge in [-0.3, -0.25) is 33.9 Å². The first-order valence-electron chi connectivity index (χ1n) is 25.2. The highest BCUT2D eigenvalue weighted by molar-refractivity contribution is 8.00. The van der Waals surface area contributed by atoms with Crippen molar-refractivity contribution in [3.8, 4) is 17.2 Å². The number of likely N-dealkylation sites (tertiary alicyclic amines) is 1. The number of hydrogen-bond donors (Lipinski definition) is 2. The Morgan fingerprint density at radius 1 is 0.822 bits per heavy atom. The SMILES string of the molecule is C/C=C1\C[C@H]2C=Nc3cc(OCCCCCOc4cc5c(cc4C)C(=O)N4C/C(=C/C)C[C@H]4[C@H](O)N5C(=O)OCc4ccc(NCC(=O)CCCCCN5C(=O)CC(SC)C5=O)cc4)c(OC)cc3C(=O)N2C1. The van der Waals surface area contributed by atoms with Gasteiger partial charge in [0.2, 0.25) is 11.8 Å². The number of nitrogens with one attached hydrogen (secondary N) is 1. The van der Waals surface area contributed by atoms with Gasteiger partial charge in [-0.25, -0.2) is 9.69 Å². The number of aliphatic imine (C=N–C) groups is 1. The van der Waals surface area contributed by atoms with E-state index >= 15 is 0 Å². The van der Waals surface area contributed by atoms with Crippen LogP contribution < -0.4 is 24.4 Å². The molecule has 0 spiro atoms. The van der Waals surface area contributed by atoms with Crippen LogP contribution in [-0.4, -0.2) is 138 Å². The maximum Gasteiger partial charge on any atom is 0.416 e. The first-order valence-corrected chi connectivity index (χ1v) is 26.5. The van der Waals surface area contributed by atoms with Crippen molar-refractivity contribution < 1.29 is 52.8 Å². The van der Waals surface area contributed by atoms with Crippen LogP contribution in [0.1, 0.15) is 110 Å². The van der Waals surface area contributed by atoms with Crippen LogP contribution >= 0.6 is 11.8 Å². The molecule has 8 rings (SSSR count). The summed E-state index contributed by atoms with van der Waals surface area (Å²) in [5.74, 6) is 0.855. The minimum absolute atomic E-state index is 0.0381. The first kappa shape index (κ1) is 52.7. The maximum absolute atomic E-state index is 14.2. The molecule has 1 unspecified atom stereocenters. The third kappa shape index (κ3) is 11.9. The van der Waals surface area contributed by atoms with Crippen LogP contribution in [0.5, 0.6) is 17.2 Å². The van der Waals surface area contributed by atoms with Gasteiger partial charge in [0.05, 0.1) is 66.7 Å². The summed E-state index contributed by atoms with van der Waals surface area (Å²) < 4.78 is 23.9. The largest absolute Gasteiger partial charge is 0.493 e. The fourth-order valence-electron chi connectivity index (χ4n) is 9.93. The van der Waals surface area contributed by atoms with Crippen LogP contribution in [0.25, 0.3) is 0 Å². The minimum Gasteiger partial charge on any atom is -0.493 e. The zero-order valence-corrected chi connectivity index (χ0v) is 43.2. The van der Waals surface area contributed by atoms with Gasteiger partial charge in [0.25, 0.3) is 11.8 Å². The predicted octanol–water partition coefficient (Wildman–Crippen LogP) is 8.18. The molecule has 18 heteroatoms. The molecule has 0 bridgehead atoms. The number of ether oxygens (including phenoxy) is 4. The number of aliphatic hydroxyl groups excluding tert-OH is 1. The molecular weight excluding hydrogens is 953 g/mol. The smallest absolute Gasteiger partial charge is 0.416 e. The highest BCUT2D eigenvalue weighted by atomic mass is 32.2. The average molecular weight is 1020 g/mol. The summed E-state index contributed by atoms with van der Waals surface area (Å²) in [4.78, 5) is 89.5. The molecule has 5 amide bonds. The summed E-state index contributed by atoms with van der Waals surface area (Å²) in [6.07, 6.45) is 11.4. The van der Waals surface area contributed by atoms with Gasteiger partial charge in [0.15, 0.2) is 23.5 Å². The third-order valence-electron chi connectivity index (χ3n) is 14.2. The number of fused-ring (bicyclic) bond motifs is 4. The van der Waals surface area contributed by atoms with Gasteiger partial charge in [-0.05, 0) is 107 Å². The number of allylic oxidation sites excluding steroid dienone is 2. The van der Waals surface area contributed by atoms with Crippen LogP contribution in [-0.2, 0) is 25.7 Å². The minimum atomic E-state index is -1.41. The summed E-state index contributed by atoms with van der Waals surface area (Å²) in [7, 11) is 1.55. The number of rotatable bonds is 21. The number of unbranched alkanes of at least 4 members (excludes halogenated alkanes) is 4. The molecule has 0 aromatic heterocycles. The molecule has 5 aliphatic heterocycles. The Balaban J connectivity index is 0.830. The van der Waals surface area contributed by atoms with Crippen LogP contribution in [0, 0.1) is 6.92 Å². The fourth-order valence-corrected chi connectivity index (χ4v) is 10.6. The van der Waals surface area contributed by atoms with E-state index in [4.69, 9.17) is 18.9 Å². The molecule has 0 aliphatic carbocycles. The number of aryl methyl sites for hydroxylation is 1. The second-order valence-electron chi connectivity index (χ2n) is 19.0. The molecular formula is C55H66N6O11S. The lowest BCUT2D eigenvalue weighted by atomic mass is 10.1. The van der Waals surface area contributed by atoms with Gasteiger partial charge in [0.1, 0.15) is 12.4 Å². The average Bonchev–Trinajstić information content (AvgIpc) is 4.07. The Morgan fingerprint density at radius 2 is 1.52 bits per heavy atom. The van der Waals surface area contributed by atoms with Crippen molar-refractivity contribution in [2.75, 3.05) is 63.0 Å². The van der Waals surface area contributed by atoms with Gasteiger partial charge >= 0.3 is 6.09 Å². The van der Waals surface area contributed by atoms with Crippen molar-refractivity contribution >= 4 is 70.5 Å². The first-order chi connectivity index (χ1) is 35.3. The van der Waals surface area contributed by atoms with Crippen molar-refractivity contribution in [2.24, 2.45) is 4.99 Å². The number of imide groups is 1. The Bertz CT molecular complexity index is 2690. The quantitative estimate of drug-likeness (QED) is 0.0590. The zero-order chi connectivity index (χ0) is 51.8. The summed E-state index contributed by atoms with van der Waals surface area (Å²) in [6, 6.07) is 13.2. The van der Waals surface area contributed by atoms with E-state index in [0.29, 0.717) is 117 Å². The molecule has 3 saturated heterocycles. The van der Waals surface area contributed by atoms with Crippen LogP contribution in [0.15, 0.2) is 76.8 Å². The van der Waals surface area contributed by atoms with E-state index in [-0.39, 0.29) is 71.5 Å². The summed E-state index contributed by atoms with van der Waals surface area (Å²) in [5.41, 5.74) is 5.77. The molecule has 17 nitrogen and oxygen atoms in total.